The molecule has 78 valence electrons. The van der Waals surface area contributed by atoms with Crippen LogP contribution in [0.25, 0.3) is 5.57 Å². The van der Waals surface area contributed by atoms with Crippen LogP contribution >= 0.6 is 12.4 Å². The largest absolute Gasteiger partial charge is 0.332 e. The second kappa shape index (κ2) is 4.62. The van der Waals surface area contributed by atoms with Gasteiger partial charge in [-0.05, 0) is 25.5 Å². The summed E-state index contributed by atoms with van der Waals surface area (Å²) in [4.78, 5) is 4.41. The first-order valence-corrected chi connectivity index (χ1v) is 4.67. The minimum absolute atomic E-state index is 0. The predicted molar refractivity (Wildman–Crippen MR) is 60.7 cm³/mol. The molecule has 1 aromatic rings. The van der Waals surface area contributed by atoms with Crippen molar-refractivity contribution in [1.29, 1.82) is 0 Å². The summed E-state index contributed by atoms with van der Waals surface area (Å²) in [5.74, 6) is 1.12. The van der Waals surface area contributed by atoms with Gasteiger partial charge in [-0.2, -0.15) is 0 Å². The van der Waals surface area contributed by atoms with Crippen LogP contribution in [0.15, 0.2) is 12.3 Å². The van der Waals surface area contributed by atoms with Gasteiger partial charge in [0, 0.05) is 25.5 Å². The lowest BCUT2D eigenvalue weighted by Gasteiger charge is -2.13. The number of halogens is 1. The van der Waals surface area contributed by atoms with Gasteiger partial charge in [0.05, 0.1) is 0 Å². The van der Waals surface area contributed by atoms with Gasteiger partial charge in [-0.1, -0.05) is 6.08 Å². The molecule has 0 amide bonds. The van der Waals surface area contributed by atoms with Crippen molar-refractivity contribution in [2.24, 2.45) is 7.05 Å². The van der Waals surface area contributed by atoms with Crippen LogP contribution in [0.4, 0.5) is 0 Å². The summed E-state index contributed by atoms with van der Waals surface area (Å²) in [6.45, 7) is 4.12. The summed E-state index contributed by atoms with van der Waals surface area (Å²) in [6, 6.07) is 0. The van der Waals surface area contributed by atoms with Crippen LogP contribution in [0.1, 0.15) is 17.9 Å². The zero-order valence-electron chi connectivity index (χ0n) is 8.58. The van der Waals surface area contributed by atoms with Crippen LogP contribution in [0.5, 0.6) is 0 Å². The molecule has 4 heteroatoms. The average molecular weight is 214 g/mol. The van der Waals surface area contributed by atoms with Crippen LogP contribution in [0.3, 0.4) is 0 Å². The Morgan fingerprint density at radius 2 is 2.29 bits per heavy atom. The highest BCUT2D eigenvalue weighted by Crippen LogP contribution is 2.18. The summed E-state index contributed by atoms with van der Waals surface area (Å²) in [7, 11) is 2.07. The van der Waals surface area contributed by atoms with E-state index in [1.54, 1.807) is 0 Å². The van der Waals surface area contributed by atoms with E-state index in [2.05, 4.69) is 34.9 Å². The molecule has 0 atom stereocenters. The molecule has 0 saturated heterocycles. The van der Waals surface area contributed by atoms with Gasteiger partial charge in [-0.25, -0.2) is 4.98 Å². The Morgan fingerprint density at radius 1 is 1.50 bits per heavy atom. The molecule has 14 heavy (non-hydrogen) atoms. The van der Waals surface area contributed by atoms with Crippen molar-refractivity contribution >= 4 is 18.0 Å². The molecule has 2 heterocycles. The maximum Gasteiger partial charge on any atom is 0.135 e. The van der Waals surface area contributed by atoms with Gasteiger partial charge >= 0.3 is 0 Å². The van der Waals surface area contributed by atoms with E-state index in [4.69, 9.17) is 0 Å². The molecule has 0 bridgehead atoms. The maximum atomic E-state index is 4.41. The van der Waals surface area contributed by atoms with Crippen LogP contribution in [0, 0.1) is 6.92 Å². The van der Waals surface area contributed by atoms with E-state index in [9.17, 15) is 0 Å². The third-order valence-electron chi connectivity index (χ3n) is 2.57. The monoisotopic (exact) mass is 213 g/mol. The van der Waals surface area contributed by atoms with Crippen molar-refractivity contribution in [2.75, 3.05) is 13.1 Å². The first-order chi connectivity index (χ1) is 6.29. The Hall–Kier alpha value is -0.800. The molecule has 1 aromatic heterocycles. The number of hydrogen-bond acceptors (Lipinski definition) is 2. The zero-order chi connectivity index (χ0) is 9.26. The molecule has 3 nitrogen and oxygen atoms in total. The van der Waals surface area contributed by atoms with Gasteiger partial charge in [0.1, 0.15) is 5.82 Å². The second-order valence-electron chi connectivity index (χ2n) is 3.47. The van der Waals surface area contributed by atoms with Crippen molar-refractivity contribution in [1.82, 2.24) is 14.9 Å². The first-order valence-electron chi connectivity index (χ1n) is 4.67. The number of aromatic nitrogens is 2. The normalized spacial score (nSPS) is 16.0. The van der Waals surface area contributed by atoms with Gasteiger partial charge in [-0.3, -0.25) is 0 Å². The van der Waals surface area contributed by atoms with Crippen molar-refractivity contribution in [2.45, 2.75) is 13.3 Å². The van der Waals surface area contributed by atoms with E-state index in [0.29, 0.717) is 0 Å². The van der Waals surface area contributed by atoms with Crippen LogP contribution in [0.2, 0.25) is 0 Å². The summed E-state index contributed by atoms with van der Waals surface area (Å²) in [5.41, 5.74) is 2.59. The Balaban J connectivity index is 0.000000980. The maximum absolute atomic E-state index is 4.41. The highest BCUT2D eigenvalue weighted by molar-refractivity contribution is 5.85. The quantitative estimate of drug-likeness (QED) is 0.767. The zero-order valence-corrected chi connectivity index (χ0v) is 9.40. The second-order valence-corrected chi connectivity index (χ2v) is 3.47. The Kier molecular flexibility index (Phi) is 3.72. The minimum atomic E-state index is 0. The van der Waals surface area contributed by atoms with Gasteiger partial charge in [0.15, 0.2) is 0 Å². The lowest BCUT2D eigenvalue weighted by Crippen LogP contribution is -2.21. The lowest BCUT2D eigenvalue weighted by molar-refractivity contribution is 0.727. The molecular formula is C10H16ClN3. The Morgan fingerprint density at radius 3 is 2.79 bits per heavy atom. The summed E-state index contributed by atoms with van der Waals surface area (Å²) in [5, 5.41) is 3.30. The fourth-order valence-corrected chi connectivity index (χ4v) is 1.62. The highest BCUT2D eigenvalue weighted by Gasteiger charge is 2.10. The molecule has 0 saturated carbocycles. The molecule has 0 aliphatic carbocycles. The SMILES string of the molecule is Cc1cnc(C2=CCNCC2)n1C.Cl. The van der Waals surface area contributed by atoms with Crippen LogP contribution < -0.4 is 5.32 Å². The molecule has 0 unspecified atom stereocenters. The topological polar surface area (TPSA) is 29.9 Å². The van der Waals surface area contributed by atoms with Crippen molar-refractivity contribution in [3.8, 4) is 0 Å². The smallest absolute Gasteiger partial charge is 0.135 e. The number of aryl methyl sites for hydroxylation is 1. The number of rotatable bonds is 1. The van der Waals surface area contributed by atoms with Crippen molar-refractivity contribution in [3.63, 3.8) is 0 Å². The summed E-state index contributed by atoms with van der Waals surface area (Å²) < 4.78 is 2.15. The number of nitrogens with zero attached hydrogens (tertiary/aromatic N) is 2. The third kappa shape index (κ3) is 1.99. The fourth-order valence-electron chi connectivity index (χ4n) is 1.62. The highest BCUT2D eigenvalue weighted by atomic mass is 35.5. The fraction of sp³-hybridized carbons (Fsp3) is 0.500. The molecule has 1 aliphatic heterocycles. The predicted octanol–water partition coefficient (Wildman–Crippen LogP) is 1.53. The first kappa shape index (κ1) is 11.3. The third-order valence-corrected chi connectivity index (χ3v) is 2.57. The van der Waals surface area contributed by atoms with E-state index >= 15 is 0 Å². The van der Waals surface area contributed by atoms with Crippen LogP contribution in [-0.4, -0.2) is 22.6 Å². The van der Waals surface area contributed by atoms with E-state index in [1.165, 1.54) is 11.3 Å². The lowest BCUT2D eigenvalue weighted by atomic mass is 10.1. The minimum Gasteiger partial charge on any atom is -0.332 e. The molecule has 1 aliphatic rings. The van der Waals surface area contributed by atoms with Gasteiger partial charge in [-0.15, -0.1) is 12.4 Å². The number of nitrogens with one attached hydrogen (secondary N) is 1. The Labute approximate surface area is 90.6 Å². The number of hydrogen-bond donors (Lipinski definition) is 1. The molecule has 0 radical (unpaired) electrons. The molecule has 0 spiro atoms. The standard InChI is InChI=1S/C10H15N3.ClH/c1-8-7-12-10(13(8)2)9-3-5-11-6-4-9;/h3,7,11H,4-6H2,1-2H3;1H. The Bertz CT molecular complexity index is 341. The van der Waals surface area contributed by atoms with Gasteiger partial charge < -0.3 is 9.88 Å². The average Bonchev–Trinajstić information content (AvgIpc) is 2.49. The van der Waals surface area contributed by atoms with Crippen LogP contribution in [-0.2, 0) is 7.05 Å². The van der Waals surface area contributed by atoms with Gasteiger partial charge in [0.25, 0.3) is 0 Å². The summed E-state index contributed by atoms with van der Waals surface area (Å²) >= 11 is 0. The summed E-state index contributed by atoms with van der Waals surface area (Å²) in [6.07, 6.45) is 5.24. The van der Waals surface area contributed by atoms with Gasteiger partial charge in [0.2, 0.25) is 0 Å². The van der Waals surface area contributed by atoms with E-state index < -0.39 is 0 Å². The molecule has 2 rings (SSSR count). The molecule has 0 aromatic carbocycles. The van der Waals surface area contributed by atoms with Crippen molar-refractivity contribution < 1.29 is 0 Å². The molecule has 0 fully saturated rings. The van der Waals surface area contributed by atoms with E-state index in [1.807, 2.05) is 6.20 Å². The number of imidazole rings is 1. The molecule has 1 N–H and O–H groups in total. The molecular weight excluding hydrogens is 198 g/mol. The van der Waals surface area contributed by atoms with E-state index in [0.717, 1.165) is 25.3 Å². The van der Waals surface area contributed by atoms with Crippen molar-refractivity contribution in [3.05, 3.63) is 23.8 Å². The van der Waals surface area contributed by atoms with E-state index in [-0.39, 0.29) is 12.4 Å².